The molecular formula is C30H30BrF3O4. The summed E-state index contributed by atoms with van der Waals surface area (Å²) in [7, 11) is 0. The van der Waals surface area contributed by atoms with Crippen LogP contribution in [-0.4, -0.2) is 25.3 Å². The largest absolute Gasteiger partial charge is 0.493 e. The fraction of sp³-hybridized carbons (Fsp3) is 0.367. The second-order valence-electron chi connectivity index (χ2n) is 9.42. The first kappa shape index (κ1) is 28.2. The molecule has 0 unspecified atom stereocenters. The van der Waals surface area contributed by atoms with Gasteiger partial charge < -0.3 is 14.2 Å². The van der Waals surface area contributed by atoms with Crippen LogP contribution in [-0.2, 0) is 27.1 Å². The summed E-state index contributed by atoms with van der Waals surface area (Å²) in [5.74, 6) is -0.950. The van der Waals surface area contributed by atoms with Crippen molar-refractivity contribution in [3.63, 3.8) is 0 Å². The van der Waals surface area contributed by atoms with Crippen LogP contribution in [0.2, 0.25) is 0 Å². The zero-order valence-electron chi connectivity index (χ0n) is 21.0. The summed E-state index contributed by atoms with van der Waals surface area (Å²) in [6.45, 7) is 2.77. The van der Waals surface area contributed by atoms with E-state index in [0.717, 1.165) is 27.7 Å². The predicted molar refractivity (Wildman–Crippen MR) is 142 cm³/mol. The van der Waals surface area contributed by atoms with Gasteiger partial charge in [0.2, 0.25) is 0 Å². The quantitative estimate of drug-likeness (QED) is 0.238. The lowest BCUT2D eigenvalue weighted by Gasteiger charge is -2.40. The summed E-state index contributed by atoms with van der Waals surface area (Å²) in [5, 5.41) is 0. The summed E-state index contributed by atoms with van der Waals surface area (Å²) in [4.78, 5) is 13.6. The predicted octanol–water partition coefficient (Wildman–Crippen LogP) is 7.81. The first-order valence-corrected chi connectivity index (χ1v) is 13.4. The molecule has 0 spiro atoms. The fourth-order valence-corrected chi connectivity index (χ4v) is 5.33. The molecule has 1 aliphatic carbocycles. The highest BCUT2D eigenvalue weighted by Gasteiger charge is 2.44. The molecule has 0 aromatic heterocycles. The summed E-state index contributed by atoms with van der Waals surface area (Å²) in [6, 6.07) is 22.0. The molecule has 0 heterocycles. The molecule has 1 saturated carbocycles. The number of ether oxygens (including phenoxy) is 3. The van der Waals surface area contributed by atoms with E-state index in [2.05, 4.69) is 15.9 Å². The van der Waals surface area contributed by atoms with Crippen molar-refractivity contribution in [3.8, 4) is 5.75 Å². The van der Waals surface area contributed by atoms with Crippen LogP contribution in [0, 0.1) is 11.8 Å². The van der Waals surface area contributed by atoms with E-state index in [1.165, 1.54) is 12.1 Å². The molecular weight excluding hydrogens is 561 g/mol. The van der Waals surface area contributed by atoms with Gasteiger partial charge in [-0.05, 0) is 67.3 Å². The molecule has 202 valence electrons. The smallest absolute Gasteiger partial charge is 0.416 e. The molecule has 0 radical (unpaired) electrons. The van der Waals surface area contributed by atoms with Crippen molar-refractivity contribution in [1.29, 1.82) is 0 Å². The minimum atomic E-state index is -4.42. The van der Waals surface area contributed by atoms with E-state index in [1.54, 1.807) is 0 Å². The third-order valence-corrected chi connectivity index (χ3v) is 7.39. The van der Waals surface area contributed by atoms with Crippen molar-refractivity contribution in [2.75, 3.05) is 13.2 Å². The minimum absolute atomic E-state index is 0.0898. The molecule has 0 N–H and O–H groups in total. The zero-order valence-corrected chi connectivity index (χ0v) is 22.6. The normalized spacial score (nSPS) is 21.6. The molecule has 0 saturated heterocycles. The molecule has 4 nitrogen and oxygen atoms in total. The van der Waals surface area contributed by atoms with Crippen LogP contribution in [0.15, 0.2) is 83.3 Å². The summed E-state index contributed by atoms with van der Waals surface area (Å²) in [6.07, 6.45) is -3.28. The monoisotopic (exact) mass is 590 g/mol. The highest BCUT2D eigenvalue weighted by atomic mass is 79.9. The first-order valence-electron chi connectivity index (χ1n) is 12.6. The van der Waals surface area contributed by atoms with Gasteiger partial charge >= 0.3 is 12.1 Å². The third-order valence-electron chi connectivity index (χ3n) is 6.87. The lowest BCUT2D eigenvalue weighted by molar-refractivity contribution is -0.157. The summed E-state index contributed by atoms with van der Waals surface area (Å²) >= 11 is 3.47. The highest BCUT2D eigenvalue weighted by Crippen LogP contribution is 2.44. The number of rotatable bonds is 9. The van der Waals surface area contributed by atoms with Crippen LogP contribution in [0.3, 0.4) is 0 Å². The Bertz CT molecular complexity index is 1170. The Hall–Kier alpha value is -2.84. The Morgan fingerprint density at radius 2 is 1.63 bits per heavy atom. The Morgan fingerprint density at radius 1 is 0.947 bits per heavy atom. The lowest BCUT2D eigenvalue weighted by atomic mass is 9.68. The third kappa shape index (κ3) is 7.38. The molecule has 4 atom stereocenters. The first-order chi connectivity index (χ1) is 18.2. The molecule has 3 aromatic carbocycles. The van der Waals surface area contributed by atoms with Gasteiger partial charge in [0.15, 0.2) is 0 Å². The van der Waals surface area contributed by atoms with Gasteiger partial charge in [-0.15, -0.1) is 0 Å². The van der Waals surface area contributed by atoms with Gasteiger partial charge in [0, 0.05) is 22.9 Å². The fourth-order valence-electron chi connectivity index (χ4n) is 5.06. The Labute approximate surface area is 229 Å². The number of alkyl halides is 3. The van der Waals surface area contributed by atoms with Gasteiger partial charge in [0.05, 0.1) is 24.2 Å². The topological polar surface area (TPSA) is 44.8 Å². The van der Waals surface area contributed by atoms with Gasteiger partial charge in [0.25, 0.3) is 0 Å². The molecule has 0 amide bonds. The Morgan fingerprint density at radius 3 is 2.26 bits per heavy atom. The average molecular weight is 591 g/mol. The van der Waals surface area contributed by atoms with Crippen molar-refractivity contribution in [2.24, 2.45) is 11.8 Å². The minimum Gasteiger partial charge on any atom is -0.493 e. The van der Waals surface area contributed by atoms with Crippen molar-refractivity contribution >= 4 is 21.9 Å². The van der Waals surface area contributed by atoms with Crippen LogP contribution in [0.25, 0.3) is 0 Å². The Balaban J connectivity index is 1.58. The molecule has 0 aliphatic heterocycles. The molecule has 3 aromatic rings. The number of hydrogen-bond acceptors (Lipinski definition) is 4. The summed E-state index contributed by atoms with van der Waals surface area (Å²) in [5.41, 5.74) is 1.15. The molecule has 4 rings (SSSR count). The molecule has 38 heavy (non-hydrogen) atoms. The van der Waals surface area contributed by atoms with Crippen LogP contribution in [0.5, 0.6) is 5.75 Å². The number of carbonyl (C=O) groups is 1. The van der Waals surface area contributed by atoms with Gasteiger partial charge in [-0.25, -0.2) is 0 Å². The number of halogens is 4. The number of hydrogen-bond donors (Lipinski definition) is 0. The maximum Gasteiger partial charge on any atom is 0.416 e. The number of esters is 1. The summed E-state index contributed by atoms with van der Waals surface area (Å²) < 4.78 is 57.6. The number of carbonyl (C=O) groups excluding carboxylic acids is 1. The average Bonchev–Trinajstić information content (AvgIpc) is 2.91. The van der Waals surface area contributed by atoms with E-state index in [9.17, 15) is 18.0 Å². The SMILES string of the molecule is CCO[C@H]1C[C@@H](COc2ccc(C(F)(F)F)cc2)[C@H](C(=O)OCc2ccccc2)[C@@H](c2ccc(Br)cc2)C1. The zero-order chi connectivity index (χ0) is 27.1. The van der Waals surface area contributed by atoms with Gasteiger partial charge in [0.1, 0.15) is 12.4 Å². The van der Waals surface area contributed by atoms with E-state index in [1.807, 2.05) is 61.5 Å². The van der Waals surface area contributed by atoms with Crippen LogP contribution < -0.4 is 4.74 Å². The maximum absolute atomic E-state index is 13.6. The molecule has 8 heteroatoms. The lowest BCUT2D eigenvalue weighted by Crippen LogP contribution is -2.42. The van der Waals surface area contributed by atoms with Crippen molar-refractivity contribution < 1.29 is 32.2 Å². The van der Waals surface area contributed by atoms with Crippen molar-refractivity contribution in [1.82, 2.24) is 0 Å². The van der Waals surface area contributed by atoms with Crippen LogP contribution >= 0.6 is 15.9 Å². The van der Waals surface area contributed by atoms with E-state index < -0.39 is 17.7 Å². The van der Waals surface area contributed by atoms with Crippen LogP contribution in [0.4, 0.5) is 13.2 Å². The Kier molecular flexibility index (Phi) is 9.49. The second-order valence-corrected chi connectivity index (χ2v) is 10.3. The van der Waals surface area contributed by atoms with Crippen LogP contribution in [0.1, 0.15) is 42.4 Å². The van der Waals surface area contributed by atoms with E-state index in [0.29, 0.717) is 25.2 Å². The molecule has 1 fully saturated rings. The maximum atomic E-state index is 13.6. The van der Waals surface area contributed by atoms with Gasteiger partial charge in [-0.1, -0.05) is 58.4 Å². The van der Waals surface area contributed by atoms with Crippen molar-refractivity contribution in [2.45, 2.75) is 44.6 Å². The molecule has 1 aliphatic rings. The highest BCUT2D eigenvalue weighted by molar-refractivity contribution is 9.10. The van der Waals surface area contributed by atoms with Gasteiger partial charge in [-0.3, -0.25) is 4.79 Å². The molecule has 0 bridgehead atoms. The van der Waals surface area contributed by atoms with Gasteiger partial charge in [-0.2, -0.15) is 13.2 Å². The van der Waals surface area contributed by atoms with E-state index >= 15 is 0 Å². The van der Waals surface area contributed by atoms with E-state index in [4.69, 9.17) is 14.2 Å². The second kappa shape index (κ2) is 12.8. The standard InChI is InChI=1S/C30H30BrF3O4/c1-2-36-26-16-22(19-37-25-14-10-23(11-15-25)30(32,33)34)28(27(17-26)21-8-12-24(31)13-9-21)29(35)38-18-20-6-4-3-5-7-20/h3-15,22,26-28H,2,16-19H2,1H3/t22-,26-,27+,28-/m0/s1. The van der Waals surface area contributed by atoms with Crippen molar-refractivity contribution in [3.05, 3.63) is 100 Å². The van der Waals surface area contributed by atoms with E-state index in [-0.39, 0.29) is 37.1 Å². The number of benzene rings is 3.